The topological polar surface area (TPSA) is 122 Å². The molecule has 1 aromatic carbocycles. The van der Waals surface area contributed by atoms with E-state index < -0.39 is 34.6 Å². The van der Waals surface area contributed by atoms with Gasteiger partial charge < -0.3 is 24.8 Å². The minimum atomic E-state index is -1.24. The lowest BCUT2D eigenvalue weighted by Crippen LogP contribution is -2.42. The number of amides is 1. The van der Waals surface area contributed by atoms with E-state index in [1.807, 2.05) is 14.0 Å². The van der Waals surface area contributed by atoms with Gasteiger partial charge in [0.15, 0.2) is 0 Å². The second-order valence-electron chi connectivity index (χ2n) is 10.7. The molecule has 2 N–H and O–H groups in total. The maximum absolute atomic E-state index is 13.3. The fraction of sp³-hybridized carbons (Fsp3) is 0.643. The van der Waals surface area contributed by atoms with Crippen LogP contribution in [0.1, 0.15) is 77.1 Å². The first-order valence-corrected chi connectivity index (χ1v) is 13.4. The Balaban J connectivity index is 3.02. The van der Waals surface area contributed by atoms with Crippen LogP contribution in [-0.2, 0) is 23.9 Å². The Kier molecular flexibility index (Phi) is 13.2. The van der Waals surface area contributed by atoms with Gasteiger partial charge in [-0.25, -0.2) is 4.79 Å². The summed E-state index contributed by atoms with van der Waals surface area (Å²) in [5, 5.41) is 12.4. The number of rotatable bonds is 16. The fourth-order valence-corrected chi connectivity index (χ4v) is 4.69. The van der Waals surface area contributed by atoms with Crippen LogP contribution in [0.3, 0.4) is 0 Å². The van der Waals surface area contributed by atoms with Gasteiger partial charge in [-0.05, 0) is 64.4 Å². The quantitative estimate of drug-likeness (QED) is 0.265. The lowest BCUT2D eigenvalue weighted by Gasteiger charge is -2.36. The standard InChI is InChI=1S/C28H43ClN2O7/c1-8-10-13-31(6)14-15-38-24(34)19(9-2)17-28(5,26(36)37-7)18-27(3,4)25(35)30-22-12-11-20(29)16-21(22)23(32)33/h11-12,16,19H,8-10,13-15,17-18H2,1-7H3,(H,30,35)(H,32,33). The number of esters is 2. The van der Waals surface area contributed by atoms with Gasteiger partial charge in [-0.15, -0.1) is 0 Å². The number of anilines is 1. The predicted molar refractivity (Wildman–Crippen MR) is 147 cm³/mol. The van der Waals surface area contributed by atoms with Crippen molar-refractivity contribution < 1.29 is 33.8 Å². The van der Waals surface area contributed by atoms with Crippen molar-refractivity contribution in [3.8, 4) is 0 Å². The Labute approximate surface area is 231 Å². The number of unbranched alkanes of at least 4 members (excludes halogenated alkanes) is 1. The molecule has 1 aromatic rings. The predicted octanol–water partition coefficient (Wildman–Crippen LogP) is 5.26. The van der Waals surface area contributed by atoms with Crippen LogP contribution in [0.5, 0.6) is 0 Å². The van der Waals surface area contributed by atoms with Crippen molar-refractivity contribution >= 4 is 41.1 Å². The molecule has 0 aliphatic rings. The largest absolute Gasteiger partial charge is 0.478 e. The summed E-state index contributed by atoms with van der Waals surface area (Å²) in [5.74, 6) is -3.21. The van der Waals surface area contributed by atoms with E-state index in [1.54, 1.807) is 20.8 Å². The van der Waals surface area contributed by atoms with Crippen molar-refractivity contribution in [3.63, 3.8) is 0 Å². The second-order valence-corrected chi connectivity index (χ2v) is 11.1. The number of ether oxygens (including phenoxy) is 2. The van der Waals surface area contributed by atoms with Crippen LogP contribution in [0, 0.1) is 16.7 Å². The summed E-state index contributed by atoms with van der Waals surface area (Å²) in [6.07, 6.45) is 2.80. The minimum absolute atomic E-state index is 0.0536. The lowest BCUT2D eigenvalue weighted by atomic mass is 9.69. The SMILES string of the molecule is CCCCN(C)CCOC(=O)C(CC)CC(C)(CC(C)(C)C(=O)Nc1ccc(Cl)cc1C(=O)O)C(=O)OC. The highest BCUT2D eigenvalue weighted by atomic mass is 35.5. The first kappa shape index (κ1) is 33.4. The Morgan fingerprint density at radius 2 is 1.79 bits per heavy atom. The summed E-state index contributed by atoms with van der Waals surface area (Å²) in [7, 11) is 3.25. The molecule has 1 rings (SSSR count). The summed E-state index contributed by atoms with van der Waals surface area (Å²) < 4.78 is 10.6. The van der Waals surface area contributed by atoms with Crippen LogP contribution in [0.15, 0.2) is 18.2 Å². The van der Waals surface area contributed by atoms with Gasteiger partial charge in [0.2, 0.25) is 5.91 Å². The van der Waals surface area contributed by atoms with E-state index in [4.69, 9.17) is 21.1 Å². The van der Waals surface area contributed by atoms with Crippen LogP contribution >= 0.6 is 11.6 Å². The molecule has 38 heavy (non-hydrogen) atoms. The smallest absolute Gasteiger partial charge is 0.337 e. The maximum Gasteiger partial charge on any atom is 0.337 e. The number of nitrogens with one attached hydrogen (secondary N) is 1. The highest BCUT2D eigenvalue weighted by Crippen LogP contribution is 2.41. The number of benzene rings is 1. The molecule has 0 saturated carbocycles. The van der Waals surface area contributed by atoms with E-state index in [9.17, 15) is 24.3 Å². The van der Waals surface area contributed by atoms with Crippen LogP contribution < -0.4 is 5.32 Å². The zero-order valence-electron chi connectivity index (χ0n) is 23.7. The van der Waals surface area contributed by atoms with E-state index in [2.05, 4.69) is 17.1 Å². The Hall–Kier alpha value is -2.65. The number of aromatic carboxylic acids is 1. The number of carbonyl (C=O) groups is 4. The first-order chi connectivity index (χ1) is 17.7. The molecular weight excluding hydrogens is 512 g/mol. The molecule has 2 atom stereocenters. The van der Waals surface area contributed by atoms with Crippen molar-refractivity contribution in [2.24, 2.45) is 16.7 Å². The molecule has 2 unspecified atom stereocenters. The summed E-state index contributed by atoms with van der Waals surface area (Å²) >= 11 is 5.91. The number of nitrogens with zero attached hydrogens (tertiary/aromatic N) is 1. The number of hydrogen-bond donors (Lipinski definition) is 2. The Morgan fingerprint density at radius 3 is 2.34 bits per heavy atom. The van der Waals surface area contributed by atoms with E-state index in [-0.39, 0.29) is 41.7 Å². The summed E-state index contributed by atoms with van der Waals surface area (Å²) in [6.45, 7) is 10.8. The summed E-state index contributed by atoms with van der Waals surface area (Å²) in [6, 6.07) is 4.15. The zero-order valence-corrected chi connectivity index (χ0v) is 24.4. The molecule has 10 heteroatoms. The second kappa shape index (κ2) is 15.1. The van der Waals surface area contributed by atoms with E-state index >= 15 is 0 Å². The van der Waals surface area contributed by atoms with Gasteiger partial charge in [0.05, 0.1) is 29.7 Å². The summed E-state index contributed by atoms with van der Waals surface area (Å²) in [4.78, 5) is 52.8. The third kappa shape index (κ3) is 9.91. The van der Waals surface area contributed by atoms with Crippen LogP contribution in [-0.4, -0.2) is 67.7 Å². The fourth-order valence-electron chi connectivity index (χ4n) is 4.52. The highest BCUT2D eigenvalue weighted by Gasteiger charge is 2.45. The molecule has 0 heterocycles. The third-order valence-electron chi connectivity index (χ3n) is 6.72. The molecule has 0 aliphatic carbocycles. The third-order valence-corrected chi connectivity index (χ3v) is 6.95. The normalized spacial score (nSPS) is 13.9. The number of hydrogen-bond acceptors (Lipinski definition) is 7. The zero-order chi connectivity index (χ0) is 29.1. The number of carboxylic acids is 1. The molecule has 0 bridgehead atoms. The van der Waals surface area contributed by atoms with Gasteiger partial charge in [0.1, 0.15) is 6.61 Å². The average Bonchev–Trinajstić information content (AvgIpc) is 2.85. The highest BCUT2D eigenvalue weighted by molar-refractivity contribution is 6.31. The number of methoxy groups -OCH3 is 1. The Morgan fingerprint density at radius 1 is 1.13 bits per heavy atom. The van der Waals surface area contributed by atoms with Gasteiger partial charge in [-0.2, -0.15) is 0 Å². The maximum atomic E-state index is 13.3. The number of carbonyl (C=O) groups excluding carboxylic acids is 3. The molecule has 0 radical (unpaired) electrons. The molecule has 1 amide bonds. The minimum Gasteiger partial charge on any atom is -0.478 e. The van der Waals surface area contributed by atoms with E-state index in [1.165, 1.54) is 25.3 Å². The van der Waals surface area contributed by atoms with Crippen molar-refractivity contribution in [1.29, 1.82) is 0 Å². The molecule has 0 aliphatic heterocycles. The number of likely N-dealkylation sites (N-methyl/N-ethyl adjacent to an activating group) is 1. The molecule has 0 aromatic heterocycles. The van der Waals surface area contributed by atoms with E-state index in [0.717, 1.165) is 19.4 Å². The molecule has 9 nitrogen and oxygen atoms in total. The van der Waals surface area contributed by atoms with Gasteiger partial charge in [-0.3, -0.25) is 14.4 Å². The van der Waals surface area contributed by atoms with Gasteiger partial charge in [-0.1, -0.05) is 45.7 Å². The van der Waals surface area contributed by atoms with Gasteiger partial charge in [0, 0.05) is 17.0 Å². The molecule has 0 fully saturated rings. The molecule has 0 saturated heterocycles. The van der Waals surface area contributed by atoms with E-state index in [0.29, 0.717) is 13.0 Å². The van der Waals surface area contributed by atoms with Crippen LogP contribution in [0.2, 0.25) is 5.02 Å². The summed E-state index contributed by atoms with van der Waals surface area (Å²) in [5.41, 5.74) is -2.35. The van der Waals surface area contributed by atoms with Crippen molar-refractivity contribution in [2.45, 2.75) is 66.7 Å². The molecule has 0 spiro atoms. The van der Waals surface area contributed by atoms with Crippen LogP contribution in [0.4, 0.5) is 5.69 Å². The lowest BCUT2D eigenvalue weighted by molar-refractivity contribution is -0.159. The number of carboxylic acid groups (broad SMARTS) is 1. The van der Waals surface area contributed by atoms with Crippen LogP contribution in [0.25, 0.3) is 0 Å². The first-order valence-electron chi connectivity index (χ1n) is 13.0. The Bertz CT molecular complexity index is 982. The van der Waals surface area contributed by atoms with Crippen molar-refractivity contribution in [2.75, 3.05) is 39.2 Å². The number of halogens is 1. The van der Waals surface area contributed by atoms with Gasteiger partial charge >= 0.3 is 17.9 Å². The molecular formula is C28H43ClN2O7. The molecule has 214 valence electrons. The average molecular weight is 555 g/mol. The monoisotopic (exact) mass is 554 g/mol. The van der Waals surface area contributed by atoms with Gasteiger partial charge in [0.25, 0.3) is 0 Å². The van der Waals surface area contributed by atoms with Crippen molar-refractivity contribution in [3.05, 3.63) is 28.8 Å². The van der Waals surface area contributed by atoms with Crippen molar-refractivity contribution in [1.82, 2.24) is 4.90 Å².